The van der Waals surface area contributed by atoms with Crippen LogP contribution in [-0.2, 0) is 19.1 Å². The second-order valence-corrected chi connectivity index (χ2v) is 7.03. The number of para-hydroxylation sites is 1. The van der Waals surface area contributed by atoms with Crippen LogP contribution >= 0.6 is 0 Å². The zero-order valence-electron chi connectivity index (χ0n) is 17.3. The lowest BCUT2D eigenvalue weighted by Crippen LogP contribution is -2.31. The molecule has 162 valence electrons. The maximum atomic E-state index is 12.6. The lowest BCUT2D eigenvalue weighted by molar-refractivity contribution is -0.384. The molecular formula is C23H19N3O6. The van der Waals surface area contributed by atoms with E-state index in [2.05, 4.69) is 4.98 Å². The Labute approximate surface area is 182 Å². The van der Waals surface area contributed by atoms with E-state index in [1.54, 1.807) is 23.2 Å². The Morgan fingerprint density at radius 2 is 1.91 bits per heavy atom. The lowest BCUT2D eigenvalue weighted by atomic mass is 9.89. The SMILES string of the molecule is COC(=O)/C=C(\C(=O)OC)N1C=Cc2cc([N+](=O)[O-])ccc2C1c1c[nH]c2ccccc12. The fourth-order valence-corrected chi connectivity index (χ4v) is 3.84. The third-order valence-electron chi connectivity index (χ3n) is 5.31. The number of carbonyl (C=O) groups excluding carboxylic acids is 2. The zero-order chi connectivity index (χ0) is 22.8. The number of esters is 2. The minimum atomic E-state index is -0.727. The first-order valence-electron chi connectivity index (χ1n) is 9.63. The summed E-state index contributed by atoms with van der Waals surface area (Å²) < 4.78 is 9.63. The standard InChI is InChI=1S/C23H19N3O6/c1-31-21(27)12-20(23(28)32-2)25-10-9-14-11-15(26(29)30)7-8-16(14)22(25)18-13-24-19-6-4-3-5-17(18)19/h3-13,22,24H,1-2H3/b20-12+. The topological polar surface area (TPSA) is 115 Å². The predicted octanol–water partition coefficient (Wildman–Crippen LogP) is 3.68. The highest BCUT2D eigenvalue weighted by atomic mass is 16.6. The van der Waals surface area contributed by atoms with E-state index in [1.165, 1.54) is 26.4 Å². The molecule has 0 radical (unpaired) electrons. The number of hydrogen-bond donors (Lipinski definition) is 1. The van der Waals surface area contributed by atoms with Gasteiger partial charge in [0.2, 0.25) is 0 Å². The predicted molar refractivity (Wildman–Crippen MR) is 116 cm³/mol. The fraction of sp³-hybridized carbons (Fsp3) is 0.130. The number of aromatic amines is 1. The molecule has 0 spiro atoms. The maximum Gasteiger partial charge on any atom is 0.354 e. The summed E-state index contributed by atoms with van der Waals surface area (Å²) in [5.41, 5.74) is 2.99. The third kappa shape index (κ3) is 3.60. The number of non-ortho nitro benzene ring substituents is 1. The van der Waals surface area contributed by atoms with Crippen LogP contribution in [0.4, 0.5) is 5.69 Å². The van der Waals surface area contributed by atoms with Gasteiger partial charge in [-0.05, 0) is 29.3 Å². The maximum absolute atomic E-state index is 12.6. The number of ether oxygens (including phenoxy) is 2. The van der Waals surface area contributed by atoms with Crippen molar-refractivity contribution < 1.29 is 24.0 Å². The molecule has 32 heavy (non-hydrogen) atoms. The van der Waals surface area contributed by atoms with Gasteiger partial charge in [0.25, 0.3) is 5.69 Å². The van der Waals surface area contributed by atoms with E-state index < -0.39 is 22.9 Å². The van der Waals surface area contributed by atoms with Gasteiger partial charge in [-0.15, -0.1) is 0 Å². The summed E-state index contributed by atoms with van der Waals surface area (Å²) in [4.78, 5) is 40.3. The van der Waals surface area contributed by atoms with Gasteiger partial charge in [0.05, 0.1) is 31.3 Å². The molecule has 0 saturated carbocycles. The van der Waals surface area contributed by atoms with Gasteiger partial charge in [0.15, 0.2) is 0 Å². The van der Waals surface area contributed by atoms with Gasteiger partial charge in [-0.25, -0.2) is 9.59 Å². The Kier molecular flexibility index (Phi) is 5.46. The van der Waals surface area contributed by atoms with Crippen molar-refractivity contribution in [3.63, 3.8) is 0 Å². The molecule has 1 aliphatic heterocycles. The number of aromatic nitrogens is 1. The summed E-state index contributed by atoms with van der Waals surface area (Å²) >= 11 is 0. The van der Waals surface area contributed by atoms with Crippen molar-refractivity contribution in [2.45, 2.75) is 6.04 Å². The van der Waals surface area contributed by atoms with Gasteiger partial charge in [-0.2, -0.15) is 0 Å². The Morgan fingerprint density at radius 1 is 1.12 bits per heavy atom. The highest BCUT2D eigenvalue weighted by Crippen LogP contribution is 2.41. The molecule has 0 amide bonds. The summed E-state index contributed by atoms with van der Waals surface area (Å²) in [5, 5.41) is 12.2. The van der Waals surface area contributed by atoms with Gasteiger partial charge in [0, 0.05) is 41.0 Å². The van der Waals surface area contributed by atoms with Gasteiger partial charge in [-0.3, -0.25) is 10.1 Å². The molecule has 1 N–H and O–H groups in total. The molecule has 2 aromatic carbocycles. The lowest BCUT2D eigenvalue weighted by Gasteiger charge is -2.35. The number of nitrogens with one attached hydrogen (secondary N) is 1. The molecule has 0 saturated heterocycles. The molecular weight excluding hydrogens is 414 g/mol. The quantitative estimate of drug-likeness (QED) is 0.282. The number of hydrogen-bond acceptors (Lipinski definition) is 7. The van der Waals surface area contributed by atoms with Crippen LogP contribution in [0.5, 0.6) is 0 Å². The van der Waals surface area contributed by atoms with Gasteiger partial charge in [-0.1, -0.05) is 18.2 Å². The molecule has 1 unspecified atom stereocenters. The van der Waals surface area contributed by atoms with Crippen molar-refractivity contribution in [3.8, 4) is 0 Å². The molecule has 0 bridgehead atoms. The summed E-state index contributed by atoms with van der Waals surface area (Å²) in [6.45, 7) is 0. The molecule has 2 heterocycles. The smallest absolute Gasteiger partial charge is 0.354 e. The molecule has 0 aliphatic carbocycles. The van der Waals surface area contributed by atoms with E-state index in [0.717, 1.165) is 28.1 Å². The minimum absolute atomic E-state index is 0.0325. The Balaban J connectivity index is 1.95. The number of fused-ring (bicyclic) bond motifs is 2. The van der Waals surface area contributed by atoms with Crippen LogP contribution in [0.3, 0.4) is 0 Å². The van der Waals surface area contributed by atoms with Crippen molar-refractivity contribution in [1.29, 1.82) is 0 Å². The molecule has 1 atom stereocenters. The largest absolute Gasteiger partial charge is 0.466 e. The summed E-state index contributed by atoms with van der Waals surface area (Å²) in [7, 11) is 2.43. The first kappa shape index (κ1) is 20.9. The number of methoxy groups -OCH3 is 2. The fourth-order valence-electron chi connectivity index (χ4n) is 3.84. The average molecular weight is 433 g/mol. The van der Waals surface area contributed by atoms with Crippen molar-refractivity contribution in [1.82, 2.24) is 9.88 Å². The van der Waals surface area contributed by atoms with Crippen LogP contribution in [0.2, 0.25) is 0 Å². The van der Waals surface area contributed by atoms with Crippen LogP contribution in [0.25, 0.3) is 17.0 Å². The number of rotatable bonds is 5. The second-order valence-electron chi connectivity index (χ2n) is 7.03. The highest BCUT2D eigenvalue weighted by molar-refractivity contribution is 5.96. The van der Waals surface area contributed by atoms with Crippen molar-refractivity contribution in [3.05, 3.63) is 93.4 Å². The van der Waals surface area contributed by atoms with Gasteiger partial charge < -0.3 is 19.4 Å². The summed E-state index contributed by atoms with van der Waals surface area (Å²) in [6, 6.07) is 11.6. The summed E-state index contributed by atoms with van der Waals surface area (Å²) in [6.07, 6.45) is 6.14. The van der Waals surface area contributed by atoms with Crippen LogP contribution in [0.15, 0.2) is 66.6 Å². The van der Waals surface area contributed by atoms with Crippen LogP contribution in [0, 0.1) is 10.1 Å². The Bertz CT molecular complexity index is 1290. The minimum Gasteiger partial charge on any atom is -0.466 e. The number of nitrogens with zero attached hydrogens (tertiary/aromatic N) is 2. The summed E-state index contributed by atoms with van der Waals surface area (Å²) in [5.74, 6) is -1.44. The van der Waals surface area contributed by atoms with E-state index in [-0.39, 0.29) is 11.4 Å². The normalized spacial score (nSPS) is 15.4. The van der Waals surface area contributed by atoms with Gasteiger partial charge >= 0.3 is 11.9 Å². The number of benzene rings is 2. The van der Waals surface area contributed by atoms with E-state index in [1.807, 2.05) is 30.5 Å². The molecule has 3 aromatic rings. The van der Waals surface area contributed by atoms with Crippen molar-refractivity contribution >= 4 is 34.6 Å². The van der Waals surface area contributed by atoms with Crippen molar-refractivity contribution in [2.24, 2.45) is 0 Å². The monoisotopic (exact) mass is 433 g/mol. The number of nitro benzene ring substituents is 1. The van der Waals surface area contributed by atoms with Gasteiger partial charge in [0.1, 0.15) is 5.70 Å². The number of carbonyl (C=O) groups is 2. The first-order chi connectivity index (χ1) is 15.4. The second kappa shape index (κ2) is 8.38. The molecule has 9 nitrogen and oxygen atoms in total. The molecule has 1 aromatic heterocycles. The average Bonchev–Trinajstić information content (AvgIpc) is 3.24. The third-order valence-corrected chi connectivity index (χ3v) is 5.31. The number of nitro groups is 1. The van der Waals surface area contributed by atoms with E-state index >= 15 is 0 Å². The van der Waals surface area contributed by atoms with E-state index in [0.29, 0.717) is 5.56 Å². The number of H-pyrrole nitrogens is 1. The van der Waals surface area contributed by atoms with Crippen LogP contribution < -0.4 is 0 Å². The van der Waals surface area contributed by atoms with E-state index in [9.17, 15) is 19.7 Å². The van der Waals surface area contributed by atoms with Crippen LogP contribution in [-0.4, -0.2) is 41.0 Å². The first-order valence-corrected chi connectivity index (χ1v) is 9.63. The van der Waals surface area contributed by atoms with Crippen molar-refractivity contribution in [2.75, 3.05) is 14.2 Å². The highest BCUT2D eigenvalue weighted by Gasteiger charge is 2.33. The van der Waals surface area contributed by atoms with Crippen LogP contribution in [0.1, 0.15) is 22.7 Å². The molecule has 9 heteroatoms. The molecule has 4 rings (SSSR count). The Morgan fingerprint density at radius 3 is 2.62 bits per heavy atom. The zero-order valence-corrected chi connectivity index (χ0v) is 17.3. The molecule has 0 fully saturated rings. The Hall–Kier alpha value is -4.40. The van der Waals surface area contributed by atoms with E-state index in [4.69, 9.17) is 9.47 Å². The molecule has 1 aliphatic rings.